The summed E-state index contributed by atoms with van der Waals surface area (Å²) in [6, 6.07) is 11.0. The van der Waals surface area contributed by atoms with Crippen molar-refractivity contribution in [2.75, 3.05) is 6.61 Å². The Labute approximate surface area is 106 Å². The van der Waals surface area contributed by atoms with Crippen molar-refractivity contribution in [3.8, 4) is 11.5 Å². The third kappa shape index (κ3) is 3.28. The summed E-state index contributed by atoms with van der Waals surface area (Å²) < 4.78 is 16.3. The molecule has 4 nitrogen and oxygen atoms in total. The predicted molar refractivity (Wildman–Crippen MR) is 66.6 cm³/mol. The Morgan fingerprint density at radius 3 is 2.44 bits per heavy atom. The van der Waals surface area contributed by atoms with Crippen molar-refractivity contribution < 1.29 is 19.0 Å². The van der Waals surface area contributed by atoms with Crippen molar-refractivity contribution in [1.82, 2.24) is 0 Å². The van der Waals surface area contributed by atoms with E-state index >= 15 is 0 Å². The van der Waals surface area contributed by atoms with Gasteiger partial charge >= 0.3 is 0 Å². The van der Waals surface area contributed by atoms with Crippen molar-refractivity contribution in [2.45, 2.75) is 20.1 Å². The Balaban J connectivity index is 1.94. The van der Waals surface area contributed by atoms with Gasteiger partial charge in [0.2, 0.25) is 0 Å². The molecule has 0 atom stereocenters. The molecule has 0 saturated heterocycles. The van der Waals surface area contributed by atoms with Crippen molar-refractivity contribution in [3.63, 3.8) is 0 Å². The Morgan fingerprint density at radius 2 is 1.78 bits per heavy atom. The quantitative estimate of drug-likeness (QED) is 0.854. The van der Waals surface area contributed by atoms with E-state index in [1.165, 1.54) is 0 Å². The van der Waals surface area contributed by atoms with Gasteiger partial charge in [0.25, 0.3) is 0 Å². The zero-order valence-electron chi connectivity index (χ0n) is 10.3. The minimum atomic E-state index is -0.0974. The zero-order valence-corrected chi connectivity index (χ0v) is 10.3. The molecule has 0 fully saturated rings. The summed E-state index contributed by atoms with van der Waals surface area (Å²) in [4.78, 5) is 0. The van der Waals surface area contributed by atoms with E-state index in [4.69, 9.17) is 19.0 Å². The van der Waals surface area contributed by atoms with Crippen LogP contribution in [-0.4, -0.2) is 11.7 Å². The monoisotopic (exact) mass is 248 g/mol. The SMILES string of the molecule is CCOc1cccc(OCc2ccc(CO)o2)c1. The molecule has 4 heteroatoms. The van der Waals surface area contributed by atoms with Gasteiger partial charge in [-0.25, -0.2) is 0 Å². The Kier molecular flexibility index (Phi) is 4.25. The third-order valence-corrected chi connectivity index (χ3v) is 2.37. The van der Waals surface area contributed by atoms with E-state index in [1.54, 1.807) is 12.1 Å². The van der Waals surface area contributed by atoms with Crippen LogP contribution < -0.4 is 9.47 Å². The molecule has 2 rings (SSSR count). The lowest BCUT2D eigenvalue weighted by Crippen LogP contribution is -1.95. The van der Waals surface area contributed by atoms with Crippen LogP contribution in [0, 0.1) is 0 Å². The van der Waals surface area contributed by atoms with Crippen LogP contribution in [0.25, 0.3) is 0 Å². The van der Waals surface area contributed by atoms with E-state index in [0.29, 0.717) is 24.7 Å². The second kappa shape index (κ2) is 6.12. The summed E-state index contributed by atoms with van der Waals surface area (Å²) >= 11 is 0. The maximum Gasteiger partial charge on any atom is 0.146 e. The summed E-state index contributed by atoms with van der Waals surface area (Å²) in [5, 5.41) is 8.88. The number of furan rings is 1. The number of ether oxygens (including phenoxy) is 2. The average Bonchev–Trinajstić information content (AvgIpc) is 2.85. The van der Waals surface area contributed by atoms with Crippen LogP contribution in [0.3, 0.4) is 0 Å². The number of hydrogen-bond acceptors (Lipinski definition) is 4. The molecule has 0 amide bonds. The van der Waals surface area contributed by atoms with Crippen molar-refractivity contribution >= 4 is 0 Å². The van der Waals surface area contributed by atoms with Crippen LogP contribution in [0.5, 0.6) is 11.5 Å². The fraction of sp³-hybridized carbons (Fsp3) is 0.286. The highest BCUT2D eigenvalue weighted by molar-refractivity contribution is 5.33. The van der Waals surface area contributed by atoms with Crippen LogP contribution in [0.4, 0.5) is 0 Å². The van der Waals surface area contributed by atoms with Crippen LogP contribution in [-0.2, 0) is 13.2 Å². The summed E-state index contributed by atoms with van der Waals surface area (Å²) in [5.74, 6) is 2.73. The second-order valence-corrected chi connectivity index (χ2v) is 3.72. The van der Waals surface area contributed by atoms with Crippen LogP contribution in [0.1, 0.15) is 18.4 Å². The molecule has 1 aromatic heterocycles. The molecule has 0 spiro atoms. The predicted octanol–water partition coefficient (Wildman–Crippen LogP) is 2.75. The maximum atomic E-state index is 8.88. The molecular weight excluding hydrogens is 232 g/mol. The minimum Gasteiger partial charge on any atom is -0.494 e. The highest BCUT2D eigenvalue weighted by Crippen LogP contribution is 2.20. The Bertz CT molecular complexity index is 490. The molecule has 1 heterocycles. The van der Waals surface area contributed by atoms with Gasteiger partial charge in [-0.1, -0.05) is 6.07 Å². The molecule has 18 heavy (non-hydrogen) atoms. The lowest BCUT2D eigenvalue weighted by atomic mass is 10.3. The highest BCUT2D eigenvalue weighted by Gasteiger charge is 2.03. The molecule has 0 aliphatic carbocycles. The van der Waals surface area contributed by atoms with Crippen LogP contribution in [0.15, 0.2) is 40.8 Å². The van der Waals surface area contributed by atoms with E-state index in [0.717, 1.165) is 11.5 Å². The molecule has 0 saturated carbocycles. The summed E-state index contributed by atoms with van der Waals surface area (Å²) in [6.07, 6.45) is 0. The molecule has 0 unspecified atom stereocenters. The number of rotatable bonds is 6. The van der Waals surface area contributed by atoms with Gasteiger partial charge in [-0.3, -0.25) is 0 Å². The first-order valence-corrected chi connectivity index (χ1v) is 5.86. The van der Waals surface area contributed by atoms with Gasteiger partial charge in [0.1, 0.15) is 36.2 Å². The van der Waals surface area contributed by atoms with E-state index < -0.39 is 0 Å². The van der Waals surface area contributed by atoms with Crippen molar-refractivity contribution in [3.05, 3.63) is 47.9 Å². The van der Waals surface area contributed by atoms with Gasteiger partial charge in [0.05, 0.1) is 6.61 Å². The van der Waals surface area contributed by atoms with Crippen LogP contribution >= 0.6 is 0 Å². The van der Waals surface area contributed by atoms with Gasteiger partial charge in [-0.05, 0) is 31.2 Å². The summed E-state index contributed by atoms with van der Waals surface area (Å²) in [7, 11) is 0. The molecule has 1 N–H and O–H groups in total. The Hall–Kier alpha value is -1.94. The first kappa shape index (κ1) is 12.5. The van der Waals surface area contributed by atoms with Gasteiger partial charge in [0.15, 0.2) is 0 Å². The normalized spacial score (nSPS) is 10.3. The number of aliphatic hydroxyl groups excluding tert-OH is 1. The van der Waals surface area contributed by atoms with Crippen molar-refractivity contribution in [1.29, 1.82) is 0 Å². The highest BCUT2D eigenvalue weighted by atomic mass is 16.5. The van der Waals surface area contributed by atoms with Gasteiger partial charge in [-0.2, -0.15) is 0 Å². The molecule has 0 bridgehead atoms. The third-order valence-electron chi connectivity index (χ3n) is 2.37. The maximum absolute atomic E-state index is 8.88. The Morgan fingerprint density at radius 1 is 1.06 bits per heavy atom. The minimum absolute atomic E-state index is 0.0974. The molecule has 2 aromatic rings. The average molecular weight is 248 g/mol. The first-order valence-electron chi connectivity index (χ1n) is 5.86. The zero-order chi connectivity index (χ0) is 12.8. The summed E-state index contributed by atoms with van der Waals surface area (Å²) in [6.45, 7) is 2.80. The number of aliphatic hydroxyl groups is 1. The fourth-order valence-corrected chi connectivity index (χ4v) is 1.56. The molecule has 0 radical (unpaired) electrons. The van der Waals surface area contributed by atoms with E-state index in [-0.39, 0.29) is 6.61 Å². The topological polar surface area (TPSA) is 51.8 Å². The van der Waals surface area contributed by atoms with Gasteiger partial charge in [-0.15, -0.1) is 0 Å². The molecular formula is C14H16O4. The van der Waals surface area contributed by atoms with E-state index in [2.05, 4.69) is 0 Å². The van der Waals surface area contributed by atoms with Gasteiger partial charge in [0, 0.05) is 6.07 Å². The first-order chi connectivity index (χ1) is 8.81. The number of hydrogen-bond donors (Lipinski definition) is 1. The lowest BCUT2D eigenvalue weighted by molar-refractivity contribution is 0.224. The molecule has 96 valence electrons. The van der Waals surface area contributed by atoms with E-state index in [1.807, 2.05) is 31.2 Å². The lowest BCUT2D eigenvalue weighted by Gasteiger charge is -2.07. The largest absolute Gasteiger partial charge is 0.494 e. The van der Waals surface area contributed by atoms with Crippen LogP contribution in [0.2, 0.25) is 0 Å². The van der Waals surface area contributed by atoms with E-state index in [9.17, 15) is 0 Å². The molecule has 0 aliphatic heterocycles. The molecule has 0 aliphatic rings. The fourth-order valence-electron chi connectivity index (χ4n) is 1.56. The van der Waals surface area contributed by atoms with Crippen molar-refractivity contribution in [2.24, 2.45) is 0 Å². The summed E-state index contributed by atoms with van der Waals surface area (Å²) in [5.41, 5.74) is 0. The number of benzene rings is 1. The smallest absolute Gasteiger partial charge is 0.146 e. The second-order valence-electron chi connectivity index (χ2n) is 3.72. The standard InChI is InChI=1S/C14H16O4/c1-2-16-11-4-3-5-12(8-11)17-10-14-7-6-13(9-15)18-14/h3-8,15H,2,9-10H2,1H3. The molecule has 1 aromatic carbocycles. The van der Waals surface area contributed by atoms with Gasteiger partial charge < -0.3 is 19.0 Å².